The van der Waals surface area contributed by atoms with Crippen LogP contribution in [0.2, 0.25) is 5.02 Å². The van der Waals surface area contributed by atoms with Gasteiger partial charge in [-0.2, -0.15) is 0 Å². The second kappa shape index (κ2) is 4.64. The molecule has 0 radical (unpaired) electrons. The zero-order valence-electron chi connectivity index (χ0n) is 9.97. The average Bonchev–Trinajstić information content (AvgIpc) is 3.05. The minimum absolute atomic E-state index is 0.448. The van der Waals surface area contributed by atoms with Crippen molar-refractivity contribution in [3.8, 4) is 5.75 Å². The van der Waals surface area contributed by atoms with Crippen molar-refractivity contribution in [1.29, 1.82) is 0 Å². The normalized spacial score (nSPS) is 18.6. The van der Waals surface area contributed by atoms with Gasteiger partial charge in [-0.1, -0.05) is 11.6 Å². The first-order chi connectivity index (χ1) is 7.63. The largest absolute Gasteiger partial charge is 0.496 e. The van der Waals surface area contributed by atoms with Gasteiger partial charge >= 0.3 is 0 Å². The van der Waals surface area contributed by atoms with Crippen molar-refractivity contribution in [3.63, 3.8) is 0 Å². The van der Waals surface area contributed by atoms with Crippen molar-refractivity contribution in [2.75, 3.05) is 13.7 Å². The van der Waals surface area contributed by atoms with Crippen molar-refractivity contribution in [2.24, 2.45) is 0 Å². The molecule has 88 valence electrons. The summed E-state index contributed by atoms with van der Waals surface area (Å²) in [5, 5.41) is 0.824. The predicted molar refractivity (Wildman–Crippen MR) is 65.5 cm³/mol. The molecule has 2 rings (SSSR count). The van der Waals surface area contributed by atoms with E-state index >= 15 is 0 Å². The second-order valence-corrected chi connectivity index (χ2v) is 4.71. The summed E-state index contributed by atoms with van der Waals surface area (Å²) >= 11 is 6.19. The molecular formula is C13H17ClO2. The van der Waals surface area contributed by atoms with Gasteiger partial charge in [-0.15, -0.1) is 0 Å². The van der Waals surface area contributed by atoms with Crippen molar-refractivity contribution in [1.82, 2.24) is 0 Å². The molecule has 0 spiro atoms. The maximum atomic E-state index is 6.19. The first kappa shape index (κ1) is 11.7. The Balaban J connectivity index is 2.29. The minimum Gasteiger partial charge on any atom is -0.496 e. The lowest BCUT2D eigenvalue weighted by atomic mass is 9.98. The summed E-state index contributed by atoms with van der Waals surface area (Å²) in [6.45, 7) is 4.98. The molecule has 16 heavy (non-hydrogen) atoms. The molecule has 3 heteroatoms. The van der Waals surface area contributed by atoms with Gasteiger partial charge in [0.2, 0.25) is 0 Å². The Bertz CT molecular complexity index is 397. The monoisotopic (exact) mass is 240 g/mol. The van der Waals surface area contributed by atoms with E-state index in [4.69, 9.17) is 21.1 Å². The molecule has 1 heterocycles. The molecule has 1 aromatic rings. The number of methoxy groups -OCH3 is 1. The Morgan fingerprint density at radius 1 is 1.50 bits per heavy atom. The first-order valence-electron chi connectivity index (χ1n) is 5.57. The van der Waals surface area contributed by atoms with Gasteiger partial charge in [0, 0.05) is 5.02 Å². The number of hydrogen-bond acceptors (Lipinski definition) is 2. The summed E-state index contributed by atoms with van der Waals surface area (Å²) in [5.74, 6) is 0.975. The number of hydrogen-bond donors (Lipinski definition) is 0. The van der Waals surface area contributed by atoms with Crippen LogP contribution in [0.1, 0.15) is 23.1 Å². The van der Waals surface area contributed by atoms with Gasteiger partial charge in [-0.3, -0.25) is 0 Å². The zero-order valence-corrected chi connectivity index (χ0v) is 10.7. The van der Waals surface area contributed by atoms with Crippen LogP contribution in [0.15, 0.2) is 6.07 Å². The van der Waals surface area contributed by atoms with Crippen LogP contribution in [-0.2, 0) is 11.2 Å². The Morgan fingerprint density at radius 2 is 2.19 bits per heavy atom. The molecule has 1 unspecified atom stereocenters. The van der Waals surface area contributed by atoms with Gasteiger partial charge in [0.1, 0.15) is 5.75 Å². The number of ether oxygens (including phenoxy) is 2. The SMILES string of the molecule is COc1c(C)cc(Cl)c(C)c1CCC1CO1. The number of aryl methyl sites for hydroxylation is 1. The second-order valence-electron chi connectivity index (χ2n) is 4.31. The summed E-state index contributed by atoms with van der Waals surface area (Å²) in [4.78, 5) is 0. The fourth-order valence-electron chi connectivity index (χ4n) is 2.04. The number of benzene rings is 1. The van der Waals surface area contributed by atoms with Crippen LogP contribution in [0.25, 0.3) is 0 Å². The highest BCUT2D eigenvalue weighted by molar-refractivity contribution is 6.31. The van der Waals surface area contributed by atoms with Crippen LogP contribution in [0.5, 0.6) is 5.75 Å². The number of halogens is 1. The molecule has 0 amide bonds. The van der Waals surface area contributed by atoms with E-state index < -0.39 is 0 Å². The van der Waals surface area contributed by atoms with Crippen LogP contribution >= 0.6 is 11.6 Å². The average molecular weight is 241 g/mol. The van der Waals surface area contributed by atoms with E-state index in [1.54, 1.807) is 7.11 Å². The highest BCUT2D eigenvalue weighted by atomic mass is 35.5. The number of rotatable bonds is 4. The molecule has 0 N–H and O–H groups in total. The Kier molecular flexibility index (Phi) is 3.41. The summed E-state index contributed by atoms with van der Waals surface area (Å²) < 4.78 is 10.7. The fraction of sp³-hybridized carbons (Fsp3) is 0.538. The van der Waals surface area contributed by atoms with Crippen LogP contribution in [0.4, 0.5) is 0 Å². The van der Waals surface area contributed by atoms with Crippen molar-refractivity contribution in [2.45, 2.75) is 32.8 Å². The van der Waals surface area contributed by atoms with E-state index in [1.165, 1.54) is 5.56 Å². The maximum Gasteiger partial charge on any atom is 0.125 e. The molecule has 0 aliphatic carbocycles. The van der Waals surface area contributed by atoms with Crippen molar-refractivity contribution >= 4 is 11.6 Å². The molecule has 1 saturated heterocycles. The molecule has 0 bridgehead atoms. The van der Waals surface area contributed by atoms with Crippen molar-refractivity contribution in [3.05, 3.63) is 27.8 Å². The van der Waals surface area contributed by atoms with Gasteiger partial charge in [0.05, 0.1) is 19.8 Å². The minimum atomic E-state index is 0.448. The van der Waals surface area contributed by atoms with E-state index in [1.807, 2.05) is 19.9 Å². The molecule has 1 atom stereocenters. The summed E-state index contributed by atoms with van der Waals surface area (Å²) in [5.41, 5.74) is 3.46. The third-order valence-corrected chi connectivity index (χ3v) is 3.50. The highest BCUT2D eigenvalue weighted by Gasteiger charge is 2.23. The van der Waals surface area contributed by atoms with E-state index in [9.17, 15) is 0 Å². The molecule has 1 aliphatic heterocycles. The third kappa shape index (κ3) is 2.33. The van der Waals surface area contributed by atoms with Crippen LogP contribution < -0.4 is 4.74 Å². The quantitative estimate of drug-likeness (QED) is 0.754. The molecule has 1 fully saturated rings. The standard InChI is InChI=1S/C13H17ClO2/c1-8-6-12(14)9(2)11(13(8)15-3)5-4-10-7-16-10/h6,10H,4-5,7H2,1-3H3. The smallest absolute Gasteiger partial charge is 0.125 e. The van der Waals surface area contributed by atoms with Gasteiger partial charge < -0.3 is 9.47 Å². The summed E-state index contributed by atoms with van der Waals surface area (Å²) in [7, 11) is 1.72. The van der Waals surface area contributed by atoms with E-state index in [0.29, 0.717) is 6.10 Å². The summed E-state index contributed by atoms with van der Waals surface area (Å²) in [6, 6.07) is 1.97. The van der Waals surface area contributed by atoms with Crippen molar-refractivity contribution < 1.29 is 9.47 Å². The fourth-order valence-corrected chi connectivity index (χ4v) is 2.32. The third-order valence-electron chi connectivity index (χ3n) is 3.11. The van der Waals surface area contributed by atoms with Gasteiger partial charge in [-0.25, -0.2) is 0 Å². The number of epoxide rings is 1. The van der Waals surface area contributed by atoms with Crippen LogP contribution in [0.3, 0.4) is 0 Å². The van der Waals surface area contributed by atoms with Crippen LogP contribution in [0, 0.1) is 13.8 Å². The first-order valence-corrected chi connectivity index (χ1v) is 5.95. The maximum absolute atomic E-state index is 6.19. The van der Waals surface area contributed by atoms with Crippen LogP contribution in [-0.4, -0.2) is 19.8 Å². The highest BCUT2D eigenvalue weighted by Crippen LogP contribution is 2.33. The van der Waals surface area contributed by atoms with E-state index in [0.717, 1.165) is 41.3 Å². The lowest BCUT2D eigenvalue weighted by molar-refractivity contribution is 0.388. The molecule has 2 nitrogen and oxygen atoms in total. The zero-order chi connectivity index (χ0) is 11.7. The van der Waals surface area contributed by atoms with E-state index in [-0.39, 0.29) is 0 Å². The van der Waals surface area contributed by atoms with E-state index in [2.05, 4.69) is 0 Å². The predicted octanol–water partition coefficient (Wildman–Crippen LogP) is 3.30. The summed E-state index contributed by atoms with van der Waals surface area (Å²) in [6.07, 6.45) is 2.47. The van der Waals surface area contributed by atoms with Gasteiger partial charge in [0.15, 0.2) is 0 Å². The lowest BCUT2D eigenvalue weighted by Crippen LogP contribution is -2.01. The molecule has 1 aromatic carbocycles. The Morgan fingerprint density at radius 3 is 2.75 bits per heavy atom. The molecular weight excluding hydrogens is 224 g/mol. The van der Waals surface area contributed by atoms with Gasteiger partial charge in [0.25, 0.3) is 0 Å². The Labute approximate surface area is 102 Å². The lowest BCUT2D eigenvalue weighted by Gasteiger charge is -2.15. The van der Waals surface area contributed by atoms with Gasteiger partial charge in [-0.05, 0) is 49.4 Å². The molecule has 0 saturated carbocycles. The Hall–Kier alpha value is -0.730. The topological polar surface area (TPSA) is 21.8 Å². The molecule has 0 aromatic heterocycles. The molecule has 1 aliphatic rings.